The first-order valence-corrected chi connectivity index (χ1v) is 4.20. The van der Waals surface area contributed by atoms with Crippen molar-refractivity contribution in [2.75, 3.05) is 13.2 Å². The molecule has 0 bridgehead atoms. The highest BCUT2D eigenvalue weighted by molar-refractivity contribution is 5.13. The van der Waals surface area contributed by atoms with E-state index < -0.39 is 0 Å². The van der Waals surface area contributed by atoms with Gasteiger partial charge >= 0.3 is 0 Å². The smallest absolute Gasteiger partial charge is 0.0553 e. The molecule has 0 radical (unpaired) electrons. The average molecular weight is 167 g/mol. The van der Waals surface area contributed by atoms with Crippen molar-refractivity contribution in [1.82, 2.24) is 0 Å². The van der Waals surface area contributed by atoms with E-state index in [0.717, 1.165) is 6.42 Å². The third-order valence-corrected chi connectivity index (χ3v) is 1.38. The van der Waals surface area contributed by atoms with Gasteiger partial charge in [0.1, 0.15) is 0 Å². The second-order valence-corrected chi connectivity index (χ2v) is 2.35. The largest absolute Gasteiger partial charge is 0.395 e. The van der Waals surface area contributed by atoms with Crippen molar-refractivity contribution in [1.29, 1.82) is 0 Å². The van der Waals surface area contributed by atoms with Gasteiger partial charge in [0, 0.05) is 6.54 Å². The van der Waals surface area contributed by atoms with E-state index in [-0.39, 0.29) is 6.61 Å². The molecule has 1 rings (SSSR count). The van der Waals surface area contributed by atoms with Crippen LogP contribution < -0.4 is 5.73 Å². The standard InChI is InChI=1S/C8H10.C2H7NO/c1-2-8-6-4-3-5-7-8;3-1-2-4/h3-7H,2H2,1H3;4H,1-3H2. The molecule has 12 heavy (non-hydrogen) atoms. The summed E-state index contributed by atoms with van der Waals surface area (Å²) in [5.41, 5.74) is 6.19. The fourth-order valence-electron chi connectivity index (χ4n) is 0.714. The van der Waals surface area contributed by atoms with Gasteiger partial charge in [-0.05, 0) is 12.0 Å². The fourth-order valence-corrected chi connectivity index (χ4v) is 0.714. The van der Waals surface area contributed by atoms with Crippen LogP contribution in [0.4, 0.5) is 0 Å². The third kappa shape index (κ3) is 5.89. The number of hydrogen-bond acceptors (Lipinski definition) is 2. The molecule has 0 atom stereocenters. The van der Waals surface area contributed by atoms with E-state index in [1.165, 1.54) is 5.56 Å². The Kier molecular flexibility index (Phi) is 7.65. The first-order chi connectivity index (χ1) is 5.85. The average Bonchev–Trinajstić information content (AvgIpc) is 2.19. The summed E-state index contributed by atoms with van der Waals surface area (Å²) >= 11 is 0. The van der Waals surface area contributed by atoms with Crippen molar-refractivity contribution in [2.24, 2.45) is 5.73 Å². The van der Waals surface area contributed by atoms with Crippen LogP contribution in [0.5, 0.6) is 0 Å². The lowest BCUT2D eigenvalue weighted by molar-refractivity contribution is 0.306. The summed E-state index contributed by atoms with van der Waals surface area (Å²) in [5, 5.41) is 7.75. The van der Waals surface area contributed by atoms with Crippen LogP contribution in [0.3, 0.4) is 0 Å². The molecule has 0 aliphatic carbocycles. The van der Waals surface area contributed by atoms with Crippen molar-refractivity contribution in [3.8, 4) is 0 Å². The van der Waals surface area contributed by atoms with E-state index in [2.05, 4.69) is 31.2 Å². The summed E-state index contributed by atoms with van der Waals surface area (Å²) in [5.74, 6) is 0. The zero-order valence-electron chi connectivity index (χ0n) is 7.53. The van der Waals surface area contributed by atoms with Crippen molar-refractivity contribution >= 4 is 0 Å². The molecule has 0 spiro atoms. The molecule has 0 aromatic heterocycles. The Morgan fingerprint density at radius 3 is 2.00 bits per heavy atom. The van der Waals surface area contributed by atoms with E-state index in [4.69, 9.17) is 10.8 Å². The molecule has 0 heterocycles. The molecular formula is C10H17NO. The molecule has 0 aliphatic rings. The molecule has 0 fully saturated rings. The molecule has 2 nitrogen and oxygen atoms in total. The monoisotopic (exact) mass is 167 g/mol. The molecule has 0 saturated heterocycles. The first kappa shape index (κ1) is 11.1. The number of hydrogen-bond donors (Lipinski definition) is 2. The summed E-state index contributed by atoms with van der Waals surface area (Å²) in [6.07, 6.45) is 1.14. The van der Waals surface area contributed by atoms with E-state index in [1.54, 1.807) is 0 Å². The van der Waals surface area contributed by atoms with E-state index in [0.29, 0.717) is 6.54 Å². The predicted octanol–water partition coefficient (Wildman–Crippen LogP) is 1.19. The van der Waals surface area contributed by atoms with Gasteiger partial charge in [-0.2, -0.15) is 0 Å². The van der Waals surface area contributed by atoms with Gasteiger partial charge in [0.05, 0.1) is 6.61 Å². The van der Waals surface area contributed by atoms with Crippen LogP contribution >= 0.6 is 0 Å². The van der Waals surface area contributed by atoms with Gasteiger partial charge in [0.15, 0.2) is 0 Å². The second kappa shape index (κ2) is 8.24. The van der Waals surface area contributed by atoms with Crippen molar-refractivity contribution in [3.05, 3.63) is 35.9 Å². The lowest BCUT2D eigenvalue weighted by atomic mass is 10.2. The van der Waals surface area contributed by atoms with Crippen LogP contribution in [0.15, 0.2) is 30.3 Å². The van der Waals surface area contributed by atoms with Crippen molar-refractivity contribution in [2.45, 2.75) is 13.3 Å². The maximum atomic E-state index is 7.75. The molecule has 0 aliphatic heterocycles. The molecule has 0 amide bonds. The summed E-state index contributed by atoms with van der Waals surface area (Å²) in [7, 11) is 0. The zero-order chi connectivity index (χ0) is 9.23. The molecule has 2 heteroatoms. The predicted molar refractivity (Wildman–Crippen MR) is 52.0 cm³/mol. The molecule has 1 aromatic carbocycles. The van der Waals surface area contributed by atoms with E-state index in [9.17, 15) is 0 Å². The van der Waals surface area contributed by atoms with Crippen LogP contribution in [0.2, 0.25) is 0 Å². The molecule has 1 aromatic rings. The SMILES string of the molecule is CCc1ccccc1.NCCO. The number of benzene rings is 1. The summed E-state index contributed by atoms with van der Waals surface area (Å²) in [6.45, 7) is 2.63. The maximum Gasteiger partial charge on any atom is 0.0553 e. The lowest BCUT2D eigenvalue weighted by Crippen LogP contribution is -2.02. The molecule has 68 valence electrons. The van der Waals surface area contributed by atoms with Crippen LogP contribution in [-0.2, 0) is 6.42 Å². The summed E-state index contributed by atoms with van der Waals surface area (Å²) < 4.78 is 0. The first-order valence-electron chi connectivity index (χ1n) is 4.20. The molecule has 0 unspecified atom stereocenters. The normalized spacial score (nSPS) is 8.58. The third-order valence-electron chi connectivity index (χ3n) is 1.38. The fraction of sp³-hybridized carbons (Fsp3) is 0.400. The highest BCUT2D eigenvalue weighted by atomic mass is 16.3. The Morgan fingerprint density at radius 1 is 1.25 bits per heavy atom. The lowest BCUT2D eigenvalue weighted by Gasteiger charge is -1.89. The van der Waals surface area contributed by atoms with E-state index >= 15 is 0 Å². The van der Waals surface area contributed by atoms with Crippen LogP contribution in [-0.4, -0.2) is 18.3 Å². The Bertz CT molecular complexity index is 172. The quantitative estimate of drug-likeness (QED) is 0.695. The van der Waals surface area contributed by atoms with Gasteiger partial charge in [-0.3, -0.25) is 0 Å². The number of aliphatic hydroxyl groups excluding tert-OH is 1. The van der Waals surface area contributed by atoms with Gasteiger partial charge in [0.25, 0.3) is 0 Å². The zero-order valence-corrected chi connectivity index (χ0v) is 7.53. The minimum atomic E-state index is 0.0972. The number of aryl methyl sites for hydroxylation is 1. The van der Waals surface area contributed by atoms with Gasteiger partial charge in [0.2, 0.25) is 0 Å². The molecule has 3 N–H and O–H groups in total. The minimum absolute atomic E-state index is 0.0972. The van der Waals surface area contributed by atoms with Crippen LogP contribution in [0.1, 0.15) is 12.5 Å². The highest BCUT2D eigenvalue weighted by Crippen LogP contribution is 1.96. The minimum Gasteiger partial charge on any atom is -0.395 e. The van der Waals surface area contributed by atoms with Crippen LogP contribution in [0, 0.1) is 0 Å². The number of aliphatic hydroxyl groups is 1. The molecular weight excluding hydrogens is 150 g/mol. The highest BCUT2D eigenvalue weighted by Gasteiger charge is 1.79. The second-order valence-electron chi connectivity index (χ2n) is 2.35. The topological polar surface area (TPSA) is 46.2 Å². The Morgan fingerprint density at radius 2 is 1.75 bits per heavy atom. The van der Waals surface area contributed by atoms with Crippen LogP contribution in [0.25, 0.3) is 0 Å². The van der Waals surface area contributed by atoms with Crippen molar-refractivity contribution < 1.29 is 5.11 Å². The van der Waals surface area contributed by atoms with Gasteiger partial charge in [-0.1, -0.05) is 37.3 Å². The van der Waals surface area contributed by atoms with Gasteiger partial charge in [-0.15, -0.1) is 0 Å². The Hall–Kier alpha value is -0.860. The maximum absolute atomic E-state index is 7.75. The summed E-state index contributed by atoms with van der Waals surface area (Å²) in [6, 6.07) is 10.5. The number of rotatable bonds is 2. The molecule has 0 saturated carbocycles. The van der Waals surface area contributed by atoms with E-state index in [1.807, 2.05) is 6.07 Å². The van der Waals surface area contributed by atoms with Crippen molar-refractivity contribution in [3.63, 3.8) is 0 Å². The van der Waals surface area contributed by atoms with Gasteiger partial charge < -0.3 is 10.8 Å². The van der Waals surface area contributed by atoms with Gasteiger partial charge in [-0.25, -0.2) is 0 Å². The Labute approximate surface area is 74.0 Å². The summed E-state index contributed by atoms with van der Waals surface area (Å²) in [4.78, 5) is 0. The Balaban J connectivity index is 0.000000261. The number of nitrogens with two attached hydrogens (primary N) is 1.